The van der Waals surface area contributed by atoms with Crippen LogP contribution in [-0.4, -0.2) is 59.4 Å². The van der Waals surface area contributed by atoms with Crippen LogP contribution in [0.4, 0.5) is 5.82 Å². The molecule has 0 aliphatic carbocycles. The van der Waals surface area contributed by atoms with Crippen molar-refractivity contribution in [3.63, 3.8) is 0 Å². The van der Waals surface area contributed by atoms with Gasteiger partial charge in [-0.2, -0.15) is 0 Å². The summed E-state index contributed by atoms with van der Waals surface area (Å²) in [4.78, 5) is 18.2. The second-order valence-corrected chi connectivity index (χ2v) is 4.81. The SMILES string of the molecule is CNc1cc(C(=O)N(CCO)CCO)cc(C(C)C)n1. The maximum Gasteiger partial charge on any atom is 0.254 e. The summed E-state index contributed by atoms with van der Waals surface area (Å²) >= 11 is 0. The van der Waals surface area contributed by atoms with Gasteiger partial charge in [-0.1, -0.05) is 13.8 Å². The first-order valence-corrected chi connectivity index (χ1v) is 6.74. The third-order valence-electron chi connectivity index (χ3n) is 2.97. The zero-order valence-electron chi connectivity index (χ0n) is 12.3. The first-order valence-electron chi connectivity index (χ1n) is 6.74. The van der Waals surface area contributed by atoms with Crippen LogP contribution >= 0.6 is 0 Å². The van der Waals surface area contributed by atoms with Gasteiger partial charge in [-0.15, -0.1) is 0 Å². The van der Waals surface area contributed by atoms with Gasteiger partial charge in [0.2, 0.25) is 0 Å². The van der Waals surface area contributed by atoms with Crippen molar-refractivity contribution in [2.24, 2.45) is 0 Å². The fourth-order valence-electron chi connectivity index (χ4n) is 1.84. The van der Waals surface area contributed by atoms with Gasteiger partial charge < -0.3 is 20.4 Å². The number of carbonyl (C=O) groups is 1. The lowest BCUT2D eigenvalue weighted by Gasteiger charge is -2.21. The van der Waals surface area contributed by atoms with E-state index in [4.69, 9.17) is 10.2 Å². The first-order chi connectivity index (χ1) is 9.53. The van der Waals surface area contributed by atoms with Crippen LogP contribution in [0.25, 0.3) is 0 Å². The van der Waals surface area contributed by atoms with Gasteiger partial charge in [0.1, 0.15) is 5.82 Å². The molecule has 0 radical (unpaired) electrons. The summed E-state index contributed by atoms with van der Waals surface area (Å²) < 4.78 is 0. The lowest BCUT2D eigenvalue weighted by atomic mass is 10.1. The highest BCUT2D eigenvalue weighted by Crippen LogP contribution is 2.18. The lowest BCUT2D eigenvalue weighted by Crippen LogP contribution is -2.36. The van der Waals surface area contributed by atoms with Gasteiger partial charge >= 0.3 is 0 Å². The highest BCUT2D eigenvalue weighted by Gasteiger charge is 2.17. The number of aliphatic hydroxyl groups is 2. The molecule has 0 aliphatic heterocycles. The van der Waals surface area contributed by atoms with Crippen molar-refractivity contribution in [3.8, 4) is 0 Å². The molecular formula is C14H23N3O3. The molecule has 0 aliphatic rings. The Bertz CT molecular complexity index is 443. The second-order valence-electron chi connectivity index (χ2n) is 4.81. The molecule has 0 saturated heterocycles. The van der Waals surface area contributed by atoms with Crippen molar-refractivity contribution < 1.29 is 15.0 Å². The zero-order valence-corrected chi connectivity index (χ0v) is 12.3. The summed E-state index contributed by atoms with van der Waals surface area (Å²) in [6.45, 7) is 4.16. The van der Waals surface area contributed by atoms with E-state index in [0.29, 0.717) is 11.4 Å². The Balaban J connectivity index is 3.09. The number of amides is 1. The van der Waals surface area contributed by atoms with E-state index in [-0.39, 0.29) is 38.1 Å². The second kappa shape index (κ2) is 7.81. The minimum Gasteiger partial charge on any atom is -0.395 e. The van der Waals surface area contributed by atoms with Crippen molar-refractivity contribution in [2.45, 2.75) is 19.8 Å². The van der Waals surface area contributed by atoms with Gasteiger partial charge in [-0.25, -0.2) is 4.98 Å². The molecule has 0 atom stereocenters. The Morgan fingerprint density at radius 2 is 1.90 bits per heavy atom. The predicted octanol–water partition coefficient (Wildman–Crippen LogP) is 0.673. The number of rotatable bonds is 7. The number of aromatic nitrogens is 1. The van der Waals surface area contributed by atoms with E-state index in [9.17, 15) is 4.79 Å². The lowest BCUT2D eigenvalue weighted by molar-refractivity contribution is 0.0684. The Kier molecular flexibility index (Phi) is 6.41. The number of nitrogens with zero attached hydrogens (tertiary/aromatic N) is 2. The zero-order chi connectivity index (χ0) is 15.1. The van der Waals surface area contributed by atoms with Crippen LogP contribution in [0, 0.1) is 0 Å². The Morgan fingerprint density at radius 1 is 1.30 bits per heavy atom. The Labute approximate surface area is 119 Å². The molecular weight excluding hydrogens is 258 g/mol. The van der Waals surface area contributed by atoms with Gasteiger partial charge in [0, 0.05) is 31.4 Å². The minimum atomic E-state index is -0.214. The van der Waals surface area contributed by atoms with E-state index in [2.05, 4.69) is 10.3 Å². The summed E-state index contributed by atoms with van der Waals surface area (Å²) in [5, 5.41) is 20.9. The number of aliphatic hydroxyl groups excluding tert-OH is 2. The van der Waals surface area contributed by atoms with Gasteiger partial charge in [0.25, 0.3) is 5.91 Å². The van der Waals surface area contributed by atoms with E-state index in [1.807, 2.05) is 13.8 Å². The molecule has 112 valence electrons. The van der Waals surface area contributed by atoms with Crippen LogP contribution < -0.4 is 5.32 Å². The van der Waals surface area contributed by atoms with Crippen molar-refractivity contribution in [1.82, 2.24) is 9.88 Å². The third-order valence-corrected chi connectivity index (χ3v) is 2.97. The van der Waals surface area contributed by atoms with E-state index in [1.165, 1.54) is 4.90 Å². The fraction of sp³-hybridized carbons (Fsp3) is 0.571. The van der Waals surface area contributed by atoms with Gasteiger partial charge in [0.05, 0.1) is 13.2 Å². The van der Waals surface area contributed by atoms with Gasteiger partial charge in [-0.05, 0) is 18.1 Å². The van der Waals surface area contributed by atoms with Crippen LogP contribution in [0.2, 0.25) is 0 Å². The maximum absolute atomic E-state index is 12.4. The van der Waals surface area contributed by atoms with Crippen LogP contribution in [-0.2, 0) is 0 Å². The van der Waals surface area contributed by atoms with Crippen molar-refractivity contribution in [3.05, 3.63) is 23.4 Å². The minimum absolute atomic E-state index is 0.132. The van der Waals surface area contributed by atoms with Gasteiger partial charge in [-0.3, -0.25) is 4.79 Å². The molecule has 0 bridgehead atoms. The number of anilines is 1. The first kappa shape index (κ1) is 16.4. The molecule has 6 nitrogen and oxygen atoms in total. The van der Waals surface area contributed by atoms with E-state index in [1.54, 1.807) is 19.2 Å². The molecule has 3 N–H and O–H groups in total. The molecule has 0 spiro atoms. The van der Waals surface area contributed by atoms with Crippen molar-refractivity contribution in [2.75, 3.05) is 38.7 Å². The molecule has 1 rings (SSSR count). The summed E-state index contributed by atoms with van der Waals surface area (Å²) in [5.41, 5.74) is 1.34. The number of hydrogen-bond donors (Lipinski definition) is 3. The third kappa shape index (κ3) is 4.18. The fourth-order valence-corrected chi connectivity index (χ4v) is 1.84. The number of pyridine rings is 1. The standard InChI is InChI=1S/C14H23N3O3/c1-10(2)12-8-11(9-13(15-3)16-12)14(20)17(4-6-18)5-7-19/h8-10,18-19H,4-7H2,1-3H3,(H,15,16). The normalized spacial score (nSPS) is 10.7. The summed E-state index contributed by atoms with van der Waals surface area (Å²) in [6.07, 6.45) is 0. The van der Waals surface area contributed by atoms with Gasteiger partial charge in [0.15, 0.2) is 0 Å². The molecule has 1 aromatic rings. The summed E-state index contributed by atoms with van der Waals surface area (Å²) in [5.74, 6) is 0.625. The molecule has 0 fully saturated rings. The van der Waals surface area contributed by atoms with Crippen LogP contribution in [0.1, 0.15) is 35.8 Å². The molecule has 0 unspecified atom stereocenters. The smallest absolute Gasteiger partial charge is 0.254 e. The summed E-state index contributed by atoms with van der Waals surface area (Å²) in [6, 6.07) is 3.44. The number of carbonyl (C=O) groups excluding carboxylic acids is 1. The maximum atomic E-state index is 12.4. The van der Waals surface area contributed by atoms with Crippen LogP contribution in [0.15, 0.2) is 12.1 Å². The largest absolute Gasteiger partial charge is 0.395 e. The average molecular weight is 281 g/mol. The summed E-state index contributed by atoms with van der Waals surface area (Å²) in [7, 11) is 1.75. The molecule has 1 heterocycles. The van der Waals surface area contributed by atoms with Crippen molar-refractivity contribution >= 4 is 11.7 Å². The highest BCUT2D eigenvalue weighted by molar-refractivity contribution is 5.95. The average Bonchev–Trinajstić information content (AvgIpc) is 2.45. The van der Waals surface area contributed by atoms with Crippen molar-refractivity contribution in [1.29, 1.82) is 0 Å². The Hall–Kier alpha value is -1.66. The predicted molar refractivity (Wildman–Crippen MR) is 77.9 cm³/mol. The molecule has 1 aromatic heterocycles. The molecule has 20 heavy (non-hydrogen) atoms. The molecule has 0 aromatic carbocycles. The topological polar surface area (TPSA) is 85.7 Å². The van der Waals surface area contributed by atoms with E-state index >= 15 is 0 Å². The molecule has 6 heteroatoms. The quantitative estimate of drug-likeness (QED) is 0.684. The number of hydrogen-bond acceptors (Lipinski definition) is 5. The van der Waals surface area contributed by atoms with Crippen LogP contribution in [0.3, 0.4) is 0 Å². The van der Waals surface area contributed by atoms with E-state index in [0.717, 1.165) is 5.69 Å². The van der Waals surface area contributed by atoms with E-state index < -0.39 is 0 Å². The highest BCUT2D eigenvalue weighted by atomic mass is 16.3. The monoisotopic (exact) mass is 281 g/mol. The molecule has 0 saturated carbocycles. The number of nitrogens with one attached hydrogen (secondary N) is 1. The Morgan fingerprint density at radius 3 is 2.35 bits per heavy atom. The van der Waals surface area contributed by atoms with Crippen LogP contribution in [0.5, 0.6) is 0 Å². The molecule has 1 amide bonds.